The maximum absolute atomic E-state index is 10.8. The second-order valence-electron chi connectivity index (χ2n) is 4.79. The molecule has 0 atom stereocenters. The fourth-order valence-electron chi connectivity index (χ4n) is 2.09. The molecule has 0 saturated heterocycles. The molecule has 0 heterocycles. The lowest BCUT2D eigenvalue weighted by molar-refractivity contribution is -0.384. The quantitative estimate of drug-likeness (QED) is 0.499. The number of nitrogen functional groups attached to an aromatic ring is 1. The van der Waals surface area contributed by atoms with Gasteiger partial charge in [0.25, 0.3) is 5.69 Å². The zero-order valence-electron chi connectivity index (χ0n) is 11.9. The minimum Gasteiger partial charge on any atom is -0.489 e. The van der Waals surface area contributed by atoms with Crippen molar-refractivity contribution in [3.05, 3.63) is 63.7 Å². The van der Waals surface area contributed by atoms with Gasteiger partial charge in [-0.2, -0.15) is 0 Å². The zero-order valence-corrected chi connectivity index (χ0v) is 11.9. The van der Waals surface area contributed by atoms with Crippen molar-refractivity contribution in [3.63, 3.8) is 0 Å². The summed E-state index contributed by atoms with van der Waals surface area (Å²) in [6.07, 6.45) is 2.14. The molecule has 0 radical (unpaired) electrons. The molecule has 0 aromatic heterocycles. The van der Waals surface area contributed by atoms with Crippen LogP contribution in [-0.2, 0) is 13.0 Å². The lowest BCUT2D eigenvalue weighted by Gasteiger charge is -2.09. The highest BCUT2D eigenvalue weighted by molar-refractivity contribution is 5.62. The fourth-order valence-corrected chi connectivity index (χ4v) is 2.09. The zero-order chi connectivity index (χ0) is 15.2. The van der Waals surface area contributed by atoms with Gasteiger partial charge in [0.05, 0.1) is 4.92 Å². The van der Waals surface area contributed by atoms with Gasteiger partial charge in [0.15, 0.2) is 0 Å². The van der Waals surface area contributed by atoms with E-state index in [0.29, 0.717) is 5.56 Å². The molecule has 0 spiro atoms. The van der Waals surface area contributed by atoms with Crippen LogP contribution in [0.5, 0.6) is 5.75 Å². The number of benzene rings is 2. The van der Waals surface area contributed by atoms with Crippen LogP contribution in [0.3, 0.4) is 0 Å². The number of nitro benzene ring substituents is 1. The molecule has 0 bridgehead atoms. The molecule has 0 aliphatic rings. The summed E-state index contributed by atoms with van der Waals surface area (Å²) in [7, 11) is 0. The molecule has 0 aliphatic carbocycles. The third-order valence-corrected chi connectivity index (χ3v) is 3.23. The lowest BCUT2D eigenvalue weighted by atomic mass is 10.1. The van der Waals surface area contributed by atoms with Crippen LogP contribution in [0.4, 0.5) is 11.4 Å². The summed E-state index contributed by atoms with van der Waals surface area (Å²) >= 11 is 0. The molecule has 21 heavy (non-hydrogen) atoms. The Hall–Kier alpha value is -2.56. The molecule has 5 heteroatoms. The van der Waals surface area contributed by atoms with Gasteiger partial charge >= 0.3 is 0 Å². The number of nitro groups is 1. The van der Waals surface area contributed by atoms with Crippen LogP contribution >= 0.6 is 0 Å². The second kappa shape index (κ2) is 6.74. The van der Waals surface area contributed by atoms with Gasteiger partial charge in [-0.3, -0.25) is 10.1 Å². The minimum absolute atomic E-state index is 0.0885. The number of hydrogen-bond donors (Lipinski definition) is 1. The van der Waals surface area contributed by atoms with Crippen molar-refractivity contribution in [2.75, 3.05) is 5.73 Å². The van der Waals surface area contributed by atoms with Crippen LogP contribution in [0.15, 0.2) is 42.5 Å². The molecule has 2 aromatic carbocycles. The Morgan fingerprint density at radius 1 is 1.19 bits per heavy atom. The Labute approximate surface area is 123 Å². The number of hydrogen-bond acceptors (Lipinski definition) is 4. The number of nitrogens with zero attached hydrogens (tertiary/aromatic N) is 1. The normalized spacial score (nSPS) is 10.3. The van der Waals surface area contributed by atoms with Crippen LogP contribution in [0, 0.1) is 10.1 Å². The maximum Gasteiger partial charge on any atom is 0.292 e. The molecule has 0 aliphatic heterocycles. The van der Waals surface area contributed by atoms with Crippen LogP contribution in [0.2, 0.25) is 0 Å². The summed E-state index contributed by atoms with van der Waals surface area (Å²) in [5, 5.41) is 10.8. The molecule has 0 fully saturated rings. The predicted octanol–water partition coefficient (Wildman–Crippen LogP) is 3.71. The van der Waals surface area contributed by atoms with Crippen molar-refractivity contribution in [2.24, 2.45) is 0 Å². The Kier molecular flexibility index (Phi) is 4.77. The van der Waals surface area contributed by atoms with Gasteiger partial charge in [0.1, 0.15) is 18.0 Å². The topological polar surface area (TPSA) is 78.4 Å². The third kappa shape index (κ3) is 3.72. The first kappa shape index (κ1) is 14.8. The monoisotopic (exact) mass is 286 g/mol. The smallest absolute Gasteiger partial charge is 0.292 e. The molecule has 0 unspecified atom stereocenters. The average molecular weight is 286 g/mol. The van der Waals surface area contributed by atoms with Crippen molar-refractivity contribution < 1.29 is 9.66 Å². The van der Waals surface area contributed by atoms with E-state index in [2.05, 4.69) is 6.92 Å². The highest BCUT2D eigenvalue weighted by atomic mass is 16.6. The number of para-hydroxylation sites is 1. The largest absolute Gasteiger partial charge is 0.489 e. The lowest BCUT2D eigenvalue weighted by Crippen LogP contribution is -2.03. The van der Waals surface area contributed by atoms with Gasteiger partial charge in [0, 0.05) is 11.6 Å². The molecule has 2 rings (SSSR count). The van der Waals surface area contributed by atoms with Crippen LogP contribution < -0.4 is 10.5 Å². The van der Waals surface area contributed by atoms with Gasteiger partial charge in [-0.25, -0.2) is 0 Å². The van der Waals surface area contributed by atoms with Crippen molar-refractivity contribution >= 4 is 11.4 Å². The first-order valence-corrected chi connectivity index (χ1v) is 6.85. The summed E-state index contributed by atoms with van der Waals surface area (Å²) in [5.74, 6) is 0.723. The van der Waals surface area contributed by atoms with Gasteiger partial charge in [-0.15, -0.1) is 0 Å². The van der Waals surface area contributed by atoms with Crippen molar-refractivity contribution in [3.8, 4) is 5.75 Å². The average Bonchev–Trinajstić information content (AvgIpc) is 2.48. The molecular formula is C16H18N2O3. The van der Waals surface area contributed by atoms with E-state index in [1.165, 1.54) is 11.6 Å². The van der Waals surface area contributed by atoms with E-state index in [9.17, 15) is 10.1 Å². The summed E-state index contributed by atoms with van der Waals surface area (Å²) in [6, 6.07) is 12.6. The number of aryl methyl sites for hydroxylation is 1. The Bertz CT molecular complexity index is 624. The number of rotatable bonds is 6. The first-order valence-electron chi connectivity index (χ1n) is 6.85. The van der Waals surface area contributed by atoms with E-state index in [1.807, 2.05) is 24.3 Å². The molecule has 2 aromatic rings. The van der Waals surface area contributed by atoms with Crippen molar-refractivity contribution in [1.29, 1.82) is 0 Å². The van der Waals surface area contributed by atoms with Gasteiger partial charge in [0.2, 0.25) is 0 Å². The Morgan fingerprint density at radius 3 is 2.52 bits per heavy atom. The summed E-state index contributed by atoms with van der Waals surface area (Å²) in [6.45, 7) is 2.34. The van der Waals surface area contributed by atoms with Gasteiger partial charge in [-0.05, 0) is 24.1 Å². The van der Waals surface area contributed by atoms with E-state index >= 15 is 0 Å². The maximum atomic E-state index is 10.8. The Morgan fingerprint density at radius 2 is 1.90 bits per heavy atom. The molecule has 0 amide bonds. The number of ether oxygens (including phenoxy) is 1. The highest BCUT2D eigenvalue weighted by Crippen LogP contribution is 2.26. The van der Waals surface area contributed by atoms with Gasteiger partial charge < -0.3 is 10.5 Å². The molecule has 2 N–H and O–H groups in total. The fraction of sp³-hybridized carbons (Fsp3) is 0.250. The first-order chi connectivity index (χ1) is 10.1. The summed E-state index contributed by atoms with van der Waals surface area (Å²) in [5.41, 5.74) is 7.74. The number of nitrogens with two attached hydrogens (primary N) is 1. The van der Waals surface area contributed by atoms with E-state index < -0.39 is 4.92 Å². The molecule has 5 nitrogen and oxygen atoms in total. The summed E-state index contributed by atoms with van der Waals surface area (Å²) in [4.78, 5) is 10.3. The molecule has 110 valence electrons. The van der Waals surface area contributed by atoms with Crippen LogP contribution in [0.1, 0.15) is 24.5 Å². The van der Waals surface area contributed by atoms with E-state index in [0.717, 1.165) is 18.6 Å². The standard InChI is InChI=1S/C16H18N2O3/c1-2-4-12-7-9-14(10-8-12)21-11-13-5-3-6-15(16(13)17)18(19)20/h3,5-10H,2,4,11,17H2,1H3. The van der Waals surface area contributed by atoms with Gasteiger partial charge in [-0.1, -0.05) is 37.6 Å². The summed E-state index contributed by atoms with van der Waals surface area (Å²) < 4.78 is 5.64. The third-order valence-electron chi connectivity index (χ3n) is 3.23. The predicted molar refractivity (Wildman–Crippen MR) is 82.3 cm³/mol. The molecule has 0 saturated carbocycles. The van der Waals surface area contributed by atoms with E-state index in [4.69, 9.17) is 10.5 Å². The molecular weight excluding hydrogens is 268 g/mol. The minimum atomic E-state index is -0.488. The number of anilines is 1. The van der Waals surface area contributed by atoms with E-state index in [-0.39, 0.29) is 18.0 Å². The Balaban J connectivity index is 2.06. The van der Waals surface area contributed by atoms with Crippen molar-refractivity contribution in [2.45, 2.75) is 26.4 Å². The van der Waals surface area contributed by atoms with Crippen LogP contribution in [-0.4, -0.2) is 4.92 Å². The van der Waals surface area contributed by atoms with Crippen molar-refractivity contribution in [1.82, 2.24) is 0 Å². The van der Waals surface area contributed by atoms with Crippen LogP contribution in [0.25, 0.3) is 0 Å². The second-order valence-corrected chi connectivity index (χ2v) is 4.79. The van der Waals surface area contributed by atoms with E-state index in [1.54, 1.807) is 12.1 Å². The SMILES string of the molecule is CCCc1ccc(OCc2cccc([N+](=O)[O-])c2N)cc1. The highest BCUT2D eigenvalue weighted by Gasteiger charge is 2.14.